The van der Waals surface area contributed by atoms with Crippen LogP contribution < -0.4 is 10.1 Å². The van der Waals surface area contributed by atoms with Crippen molar-refractivity contribution in [2.75, 3.05) is 18.2 Å². The summed E-state index contributed by atoms with van der Waals surface area (Å²) in [6.45, 7) is 0.705. The number of aryl methyl sites for hydroxylation is 1. The minimum absolute atomic E-state index is 0.108. The van der Waals surface area contributed by atoms with Crippen molar-refractivity contribution in [3.8, 4) is 17.1 Å². The van der Waals surface area contributed by atoms with E-state index in [4.69, 9.17) is 4.74 Å². The number of benzene rings is 2. The number of rotatable bonds is 9. The molecule has 0 fully saturated rings. The van der Waals surface area contributed by atoms with Crippen LogP contribution in [0.2, 0.25) is 0 Å². The van der Waals surface area contributed by atoms with Crippen molar-refractivity contribution < 1.29 is 9.53 Å². The van der Waals surface area contributed by atoms with E-state index >= 15 is 0 Å². The highest BCUT2D eigenvalue weighted by atomic mass is 32.2. The summed E-state index contributed by atoms with van der Waals surface area (Å²) in [5, 5.41) is 12.4. The summed E-state index contributed by atoms with van der Waals surface area (Å²) in [7, 11) is 1.61. The number of methoxy groups -OCH3 is 1. The van der Waals surface area contributed by atoms with Crippen molar-refractivity contribution in [1.82, 2.24) is 19.7 Å². The highest BCUT2D eigenvalue weighted by Gasteiger charge is 2.16. The second-order valence-corrected chi connectivity index (χ2v) is 7.94. The zero-order valence-corrected chi connectivity index (χ0v) is 18.5. The molecule has 0 radical (unpaired) electrons. The Bertz CT molecular complexity index is 1150. The lowest BCUT2D eigenvalue weighted by Crippen LogP contribution is -2.15. The molecule has 0 aliphatic heterocycles. The van der Waals surface area contributed by atoms with Crippen LogP contribution in [0.4, 0.5) is 5.69 Å². The molecule has 7 nitrogen and oxygen atoms in total. The summed E-state index contributed by atoms with van der Waals surface area (Å²) in [6, 6.07) is 21.3. The van der Waals surface area contributed by atoms with Crippen LogP contribution in [0, 0.1) is 0 Å². The van der Waals surface area contributed by atoms with E-state index in [1.165, 1.54) is 17.3 Å². The normalized spacial score (nSPS) is 10.7. The number of ether oxygens (including phenoxy) is 1. The van der Waals surface area contributed by atoms with Crippen molar-refractivity contribution in [1.29, 1.82) is 0 Å². The van der Waals surface area contributed by atoms with Gasteiger partial charge in [0.1, 0.15) is 5.75 Å². The average molecular weight is 446 g/mol. The van der Waals surface area contributed by atoms with E-state index in [1.54, 1.807) is 19.5 Å². The lowest BCUT2D eigenvalue weighted by molar-refractivity contribution is -0.113. The van der Waals surface area contributed by atoms with Gasteiger partial charge in [0.05, 0.1) is 12.9 Å². The fraction of sp³-hybridized carbons (Fsp3) is 0.167. The van der Waals surface area contributed by atoms with Crippen LogP contribution in [-0.2, 0) is 17.8 Å². The first-order valence-electron chi connectivity index (χ1n) is 10.2. The third-order valence-electron chi connectivity index (χ3n) is 4.83. The smallest absolute Gasteiger partial charge is 0.234 e. The molecule has 0 spiro atoms. The molecule has 162 valence electrons. The quantitative estimate of drug-likeness (QED) is 0.386. The predicted molar refractivity (Wildman–Crippen MR) is 126 cm³/mol. The Morgan fingerprint density at radius 2 is 1.75 bits per heavy atom. The summed E-state index contributed by atoms with van der Waals surface area (Å²) in [5.41, 5.74) is 2.89. The standard InChI is InChI=1S/C24H23N5O2S/c1-31-21-9-7-20(8-10-21)26-22(30)17-32-24-28-27-23(19-11-14-25-15-12-19)29(24)16-13-18-5-3-2-4-6-18/h2-12,14-15H,13,16-17H2,1H3,(H,26,30). The number of carbonyl (C=O) groups is 1. The second-order valence-electron chi connectivity index (χ2n) is 6.99. The van der Waals surface area contributed by atoms with Crippen LogP contribution in [0.5, 0.6) is 5.75 Å². The summed E-state index contributed by atoms with van der Waals surface area (Å²) in [5.74, 6) is 1.63. The first kappa shape index (κ1) is 21.6. The minimum Gasteiger partial charge on any atom is -0.497 e. The maximum Gasteiger partial charge on any atom is 0.234 e. The van der Waals surface area contributed by atoms with Crippen molar-refractivity contribution >= 4 is 23.4 Å². The second kappa shape index (κ2) is 10.6. The van der Waals surface area contributed by atoms with Crippen molar-refractivity contribution in [2.24, 2.45) is 0 Å². The van der Waals surface area contributed by atoms with E-state index in [0.29, 0.717) is 11.7 Å². The van der Waals surface area contributed by atoms with Gasteiger partial charge in [0, 0.05) is 30.2 Å². The molecule has 2 heterocycles. The van der Waals surface area contributed by atoms with Gasteiger partial charge in [-0.15, -0.1) is 10.2 Å². The minimum atomic E-state index is -0.108. The number of carbonyl (C=O) groups excluding carboxylic acids is 1. The average Bonchev–Trinajstić information content (AvgIpc) is 3.26. The topological polar surface area (TPSA) is 81.9 Å². The number of aromatic nitrogens is 4. The Morgan fingerprint density at radius 3 is 2.47 bits per heavy atom. The van der Waals surface area contributed by atoms with Gasteiger partial charge in [-0.05, 0) is 48.4 Å². The molecule has 1 N–H and O–H groups in total. The van der Waals surface area contributed by atoms with Gasteiger partial charge < -0.3 is 14.6 Å². The predicted octanol–water partition coefficient (Wildman–Crippen LogP) is 4.32. The largest absolute Gasteiger partial charge is 0.497 e. The Balaban J connectivity index is 1.47. The third-order valence-corrected chi connectivity index (χ3v) is 5.80. The van der Waals surface area contributed by atoms with Gasteiger partial charge in [0.2, 0.25) is 5.91 Å². The number of pyridine rings is 1. The number of amides is 1. The van der Waals surface area contributed by atoms with Gasteiger partial charge >= 0.3 is 0 Å². The fourth-order valence-corrected chi connectivity index (χ4v) is 3.96. The van der Waals surface area contributed by atoms with E-state index in [2.05, 4.69) is 37.2 Å². The van der Waals surface area contributed by atoms with Gasteiger partial charge in [-0.3, -0.25) is 9.78 Å². The molecule has 0 aliphatic carbocycles. The zero-order valence-electron chi connectivity index (χ0n) is 17.6. The summed E-state index contributed by atoms with van der Waals surface area (Å²) in [4.78, 5) is 16.6. The number of nitrogens with zero attached hydrogens (tertiary/aromatic N) is 4. The van der Waals surface area contributed by atoms with Crippen LogP contribution in [0.15, 0.2) is 84.3 Å². The molecule has 0 unspecified atom stereocenters. The molecule has 2 aromatic heterocycles. The van der Waals surface area contributed by atoms with E-state index in [1.807, 2.05) is 54.6 Å². The van der Waals surface area contributed by atoms with E-state index in [9.17, 15) is 4.79 Å². The van der Waals surface area contributed by atoms with Crippen molar-refractivity contribution in [2.45, 2.75) is 18.1 Å². The Labute approximate surface area is 190 Å². The van der Waals surface area contributed by atoms with E-state index in [-0.39, 0.29) is 11.7 Å². The molecular weight excluding hydrogens is 422 g/mol. The first-order chi connectivity index (χ1) is 15.7. The van der Waals surface area contributed by atoms with Crippen molar-refractivity contribution in [3.63, 3.8) is 0 Å². The summed E-state index contributed by atoms with van der Waals surface area (Å²) in [6.07, 6.45) is 4.31. The van der Waals surface area contributed by atoms with Crippen molar-refractivity contribution in [3.05, 3.63) is 84.7 Å². The number of anilines is 1. The van der Waals surface area contributed by atoms with E-state index < -0.39 is 0 Å². The maximum atomic E-state index is 12.5. The Kier molecular flexibility index (Phi) is 7.14. The molecule has 8 heteroatoms. The lowest BCUT2D eigenvalue weighted by Gasteiger charge is -2.11. The number of hydrogen-bond donors (Lipinski definition) is 1. The number of nitrogens with one attached hydrogen (secondary N) is 1. The highest BCUT2D eigenvalue weighted by Crippen LogP contribution is 2.24. The fourth-order valence-electron chi connectivity index (χ4n) is 3.20. The maximum absolute atomic E-state index is 12.5. The van der Waals surface area contributed by atoms with E-state index in [0.717, 1.165) is 29.2 Å². The van der Waals surface area contributed by atoms with Crippen LogP contribution in [0.3, 0.4) is 0 Å². The van der Waals surface area contributed by atoms with Crippen LogP contribution in [0.25, 0.3) is 11.4 Å². The van der Waals surface area contributed by atoms with Crippen LogP contribution >= 0.6 is 11.8 Å². The third kappa shape index (κ3) is 5.53. The molecule has 4 aromatic rings. The number of hydrogen-bond acceptors (Lipinski definition) is 6. The molecule has 0 saturated heterocycles. The molecule has 0 bridgehead atoms. The zero-order chi connectivity index (χ0) is 22.2. The van der Waals surface area contributed by atoms with Gasteiger partial charge in [0.25, 0.3) is 0 Å². The molecule has 0 atom stereocenters. The van der Waals surface area contributed by atoms with Gasteiger partial charge in [-0.2, -0.15) is 0 Å². The molecule has 1 amide bonds. The monoisotopic (exact) mass is 445 g/mol. The molecule has 2 aromatic carbocycles. The summed E-state index contributed by atoms with van der Waals surface area (Å²) >= 11 is 1.37. The van der Waals surface area contributed by atoms with Crippen LogP contribution in [-0.4, -0.2) is 38.5 Å². The van der Waals surface area contributed by atoms with Gasteiger partial charge in [-0.25, -0.2) is 0 Å². The molecule has 0 saturated carbocycles. The molecule has 32 heavy (non-hydrogen) atoms. The molecule has 0 aliphatic rings. The van der Waals surface area contributed by atoms with Gasteiger partial charge in [-0.1, -0.05) is 42.1 Å². The Morgan fingerprint density at radius 1 is 1.00 bits per heavy atom. The first-order valence-corrected chi connectivity index (χ1v) is 11.2. The molecule has 4 rings (SSSR count). The lowest BCUT2D eigenvalue weighted by atomic mass is 10.1. The van der Waals surface area contributed by atoms with Gasteiger partial charge in [0.15, 0.2) is 11.0 Å². The summed E-state index contributed by atoms with van der Waals surface area (Å²) < 4.78 is 7.21. The van der Waals surface area contributed by atoms with Crippen LogP contribution in [0.1, 0.15) is 5.56 Å². The highest BCUT2D eigenvalue weighted by molar-refractivity contribution is 7.99. The SMILES string of the molecule is COc1ccc(NC(=O)CSc2nnc(-c3ccncc3)n2CCc2ccccc2)cc1. The molecular formula is C24H23N5O2S. The Hall–Kier alpha value is -3.65. The number of thioether (sulfide) groups is 1.